The zero-order valence-electron chi connectivity index (χ0n) is 15.3. The predicted molar refractivity (Wildman–Crippen MR) is 106 cm³/mol. The lowest BCUT2D eigenvalue weighted by Gasteiger charge is -2.09. The monoisotopic (exact) mass is 397 g/mol. The number of nitrogens with one attached hydrogen (secondary N) is 1. The number of allylic oxidation sites excluding steroid dienone is 3. The standard InChI is InChI=1S/C13H14BrNO3.C4H8.C2H6/c1-3-4-8(2)12(16)15-11-6-5-9(14)7-10(11)13(17)18;1-3-4-2;1-2/h4-7H,3H2,1-2H3,(H,15,16)(H,17,18);3-4H,1-2H3;1-2H3/b8-4+;4-3-;. The highest BCUT2D eigenvalue weighted by molar-refractivity contribution is 9.10. The van der Waals surface area contributed by atoms with Crippen molar-refractivity contribution in [3.8, 4) is 0 Å². The lowest BCUT2D eigenvalue weighted by Crippen LogP contribution is -2.15. The number of aromatic carboxylic acids is 1. The quantitative estimate of drug-likeness (QED) is 0.479. The molecule has 4 nitrogen and oxygen atoms in total. The van der Waals surface area contributed by atoms with Crippen LogP contribution < -0.4 is 5.32 Å². The molecular formula is C19H28BrNO3. The summed E-state index contributed by atoms with van der Waals surface area (Å²) in [5.74, 6) is -1.37. The molecule has 1 amide bonds. The summed E-state index contributed by atoms with van der Waals surface area (Å²) in [7, 11) is 0. The van der Waals surface area contributed by atoms with Gasteiger partial charge in [0.05, 0.1) is 11.3 Å². The highest BCUT2D eigenvalue weighted by Gasteiger charge is 2.13. The third-order valence-corrected chi connectivity index (χ3v) is 3.16. The first kappa shape index (κ1) is 24.4. The van der Waals surface area contributed by atoms with E-state index in [4.69, 9.17) is 5.11 Å². The number of carboxylic acids is 1. The average molecular weight is 398 g/mol. The van der Waals surface area contributed by atoms with Gasteiger partial charge in [-0.2, -0.15) is 0 Å². The molecule has 0 saturated heterocycles. The molecule has 0 aliphatic carbocycles. The molecule has 1 rings (SSSR count). The lowest BCUT2D eigenvalue weighted by atomic mass is 10.1. The summed E-state index contributed by atoms with van der Waals surface area (Å²) in [5, 5.41) is 11.7. The second-order valence-electron chi connectivity index (χ2n) is 4.41. The zero-order valence-corrected chi connectivity index (χ0v) is 16.9. The molecular weight excluding hydrogens is 370 g/mol. The molecule has 0 bridgehead atoms. The Morgan fingerprint density at radius 2 is 1.75 bits per heavy atom. The van der Waals surface area contributed by atoms with E-state index < -0.39 is 5.97 Å². The van der Waals surface area contributed by atoms with Crippen molar-refractivity contribution in [3.05, 3.63) is 52.0 Å². The molecule has 0 unspecified atom stereocenters. The fourth-order valence-electron chi connectivity index (χ4n) is 1.42. The Kier molecular flexibility index (Phi) is 14.9. The molecule has 0 aliphatic heterocycles. The maximum absolute atomic E-state index is 11.8. The predicted octanol–water partition coefficient (Wildman–Crippen LogP) is 6.05. The van der Waals surface area contributed by atoms with Crippen molar-refractivity contribution in [2.75, 3.05) is 5.32 Å². The molecule has 0 atom stereocenters. The Morgan fingerprint density at radius 1 is 1.21 bits per heavy atom. The van der Waals surface area contributed by atoms with E-state index in [1.54, 1.807) is 25.1 Å². The van der Waals surface area contributed by atoms with Crippen LogP contribution in [0.25, 0.3) is 0 Å². The Labute approximate surface area is 153 Å². The summed E-state index contributed by atoms with van der Waals surface area (Å²) < 4.78 is 0.652. The van der Waals surface area contributed by atoms with Gasteiger partial charge in [0.15, 0.2) is 0 Å². The van der Waals surface area contributed by atoms with E-state index in [2.05, 4.69) is 21.2 Å². The number of hydrogen-bond donors (Lipinski definition) is 2. The SMILES string of the molecule is C/C=C\C.CC.CC/C=C(\C)C(=O)Nc1ccc(Br)cc1C(=O)O. The van der Waals surface area contributed by atoms with Crippen molar-refractivity contribution in [1.29, 1.82) is 0 Å². The minimum Gasteiger partial charge on any atom is -0.478 e. The summed E-state index contributed by atoms with van der Waals surface area (Å²) in [6.45, 7) is 11.6. The number of carbonyl (C=O) groups is 2. The number of carboxylic acid groups (broad SMARTS) is 1. The van der Waals surface area contributed by atoms with Crippen LogP contribution >= 0.6 is 15.9 Å². The summed E-state index contributed by atoms with van der Waals surface area (Å²) in [6.07, 6.45) is 6.54. The molecule has 0 aliphatic rings. The van der Waals surface area contributed by atoms with E-state index in [1.165, 1.54) is 6.07 Å². The first-order valence-electron chi connectivity index (χ1n) is 7.95. The van der Waals surface area contributed by atoms with Crippen LogP contribution in [0, 0.1) is 0 Å². The summed E-state index contributed by atoms with van der Waals surface area (Å²) in [5.41, 5.74) is 0.915. The second kappa shape index (κ2) is 14.7. The van der Waals surface area contributed by atoms with Gasteiger partial charge in [0.25, 0.3) is 5.91 Å². The first-order chi connectivity index (χ1) is 11.4. The van der Waals surface area contributed by atoms with Gasteiger partial charge in [-0.05, 0) is 45.4 Å². The number of carbonyl (C=O) groups excluding carboxylic acids is 1. The number of anilines is 1. The molecule has 134 valence electrons. The molecule has 0 aromatic heterocycles. The number of halogens is 1. The van der Waals surface area contributed by atoms with Gasteiger partial charge in [-0.25, -0.2) is 4.79 Å². The fourth-order valence-corrected chi connectivity index (χ4v) is 1.78. The Hall–Kier alpha value is -1.88. The van der Waals surface area contributed by atoms with Gasteiger partial charge in [0.1, 0.15) is 0 Å². The molecule has 24 heavy (non-hydrogen) atoms. The molecule has 0 saturated carbocycles. The number of rotatable bonds is 4. The van der Waals surface area contributed by atoms with Crippen LogP contribution in [0.5, 0.6) is 0 Å². The van der Waals surface area contributed by atoms with Crippen LogP contribution in [-0.4, -0.2) is 17.0 Å². The van der Waals surface area contributed by atoms with Crippen molar-refractivity contribution in [1.82, 2.24) is 0 Å². The van der Waals surface area contributed by atoms with Gasteiger partial charge in [-0.1, -0.05) is 54.9 Å². The molecule has 0 radical (unpaired) electrons. The maximum atomic E-state index is 11.8. The summed E-state index contributed by atoms with van der Waals surface area (Å²) in [4.78, 5) is 22.8. The van der Waals surface area contributed by atoms with E-state index >= 15 is 0 Å². The van der Waals surface area contributed by atoms with E-state index in [-0.39, 0.29) is 11.5 Å². The number of benzene rings is 1. The van der Waals surface area contributed by atoms with Gasteiger partial charge in [0.2, 0.25) is 0 Å². The van der Waals surface area contributed by atoms with Crippen LogP contribution in [-0.2, 0) is 4.79 Å². The van der Waals surface area contributed by atoms with Crippen LogP contribution in [0.4, 0.5) is 5.69 Å². The highest BCUT2D eigenvalue weighted by atomic mass is 79.9. The second-order valence-corrected chi connectivity index (χ2v) is 5.33. The van der Waals surface area contributed by atoms with Gasteiger partial charge in [0, 0.05) is 10.0 Å². The van der Waals surface area contributed by atoms with Crippen molar-refractivity contribution in [2.24, 2.45) is 0 Å². The van der Waals surface area contributed by atoms with Crippen LogP contribution in [0.1, 0.15) is 58.3 Å². The molecule has 1 aromatic rings. The smallest absolute Gasteiger partial charge is 0.337 e. The lowest BCUT2D eigenvalue weighted by molar-refractivity contribution is -0.112. The van der Waals surface area contributed by atoms with Crippen LogP contribution in [0.15, 0.2) is 46.5 Å². The third-order valence-electron chi connectivity index (χ3n) is 2.66. The summed E-state index contributed by atoms with van der Waals surface area (Å²) >= 11 is 3.20. The Morgan fingerprint density at radius 3 is 2.17 bits per heavy atom. The molecule has 2 N–H and O–H groups in total. The number of amides is 1. The number of hydrogen-bond acceptors (Lipinski definition) is 2. The highest BCUT2D eigenvalue weighted by Crippen LogP contribution is 2.21. The van der Waals surface area contributed by atoms with Crippen molar-refractivity contribution in [2.45, 2.75) is 48.0 Å². The van der Waals surface area contributed by atoms with Crippen LogP contribution in [0.3, 0.4) is 0 Å². The molecule has 1 aromatic carbocycles. The van der Waals surface area contributed by atoms with Gasteiger partial charge < -0.3 is 10.4 Å². The van der Waals surface area contributed by atoms with Gasteiger partial charge in [-0.3, -0.25) is 4.79 Å². The van der Waals surface area contributed by atoms with E-state index in [1.807, 2.05) is 46.8 Å². The van der Waals surface area contributed by atoms with Crippen LogP contribution in [0.2, 0.25) is 0 Å². The van der Waals surface area contributed by atoms with Crippen molar-refractivity contribution < 1.29 is 14.7 Å². The minimum atomic E-state index is -1.08. The molecule has 0 spiro atoms. The summed E-state index contributed by atoms with van der Waals surface area (Å²) in [6, 6.07) is 4.70. The molecule has 0 heterocycles. The Bertz CT molecular complexity index is 574. The molecule has 5 heteroatoms. The first-order valence-corrected chi connectivity index (χ1v) is 8.74. The zero-order chi connectivity index (χ0) is 19.1. The van der Waals surface area contributed by atoms with Crippen molar-refractivity contribution in [3.63, 3.8) is 0 Å². The van der Waals surface area contributed by atoms with Gasteiger partial charge in [-0.15, -0.1) is 0 Å². The fraction of sp³-hybridized carbons (Fsp3) is 0.368. The van der Waals surface area contributed by atoms with E-state index in [0.717, 1.165) is 6.42 Å². The average Bonchev–Trinajstić information content (AvgIpc) is 2.58. The van der Waals surface area contributed by atoms with E-state index in [0.29, 0.717) is 15.7 Å². The molecule has 0 fully saturated rings. The van der Waals surface area contributed by atoms with Crippen molar-refractivity contribution >= 4 is 33.5 Å². The minimum absolute atomic E-state index is 0.0574. The van der Waals surface area contributed by atoms with E-state index in [9.17, 15) is 9.59 Å². The largest absolute Gasteiger partial charge is 0.478 e. The third kappa shape index (κ3) is 10.0. The van der Waals surface area contributed by atoms with Gasteiger partial charge >= 0.3 is 5.97 Å². The normalized spacial score (nSPS) is 10.2. The topological polar surface area (TPSA) is 66.4 Å². The maximum Gasteiger partial charge on any atom is 0.337 e. The Balaban J connectivity index is 0.